The fourth-order valence-corrected chi connectivity index (χ4v) is 4.88. The highest BCUT2D eigenvalue weighted by atomic mass is 16.5. The van der Waals surface area contributed by atoms with E-state index in [9.17, 15) is 19.2 Å². The molecular weight excluding hydrogens is 548 g/mol. The van der Waals surface area contributed by atoms with Crippen LogP contribution in [0.5, 0.6) is 0 Å². The predicted octanol–water partition coefficient (Wildman–Crippen LogP) is 2.96. The second-order valence-corrected chi connectivity index (χ2v) is 10.2. The third-order valence-electron chi connectivity index (χ3n) is 7.03. The first-order chi connectivity index (χ1) is 20.4. The Hall–Kier alpha value is -2.72. The van der Waals surface area contributed by atoms with Crippen LogP contribution in [-0.4, -0.2) is 97.7 Å². The number of aliphatic hydroxyl groups excluding tert-OH is 3. The van der Waals surface area contributed by atoms with Crippen molar-refractivity contribution >= 4 is 24.1 Å². The molecule has 0 bridgehead atoms. The molecule has 12 heteroatoms. The molecule has 3 N–H and O–H groups in total. The van der Waals surface area contributed by atoms with Gasteiger partial charge < -0.3 is 29.5 Å². The van der Waals surface area contributed by atoms with Crippen LogP contribution in [0.15, 0.2) is 22.6 Å². The SMILES string of the molecule is C=CC(=O)OCCO.O=C1CCCCCO1.O=C=NC1CCC(CC2CCC(N=C=O)CC2)CC1.OCCOCCO. The normalized spacial score (nSPS) is 23.1. The van der Waals surface area contributed by atoms with E-state index in [1.54, 1.807) is 12.2 Å². The molecule has 240 valence electrons. The molecule has 0 aromatic heterocycles. The van der Waals surface area contributed by atoms with Gasteiger partial charge in [-0.25, -0.2) is 24.4 Å². The van der Waals surface area contributed by atoms with Crippen molar-refractivity contribution in [2.24, 2.45) is 21.8 Å². The maximum Gasteiger partial charge on any atom is 0.330 e. The number of rotatable bonds is 11. The van der Waals surface area contributed by atoms with E-state index in [0.717, 1.165) is 62.9 Å². The third kappa shape index (κ3) is 22.9. The summed E-state index contributed by atoms with van der Waals surface area (Å²) < 4.78 is 13.7. The highest BCUT2D eigenvalue weighted by Crippen LogP contribution is 2.36. The first-order valence-electron chi connectivity index (χ1n) is 14.9. The number of nitrogens with zero attached hydrogens (tertiary/aromatic N) is 2. The van der Waals surface area contributed by atoms with Crippen LogP contribution in [-0.2, 0) is 33.4 Å². The molecule has 1 saturated heterocycles. The van der Waals surface area contributed by atoms with E-state index in [2.05, 4.69) is 26.0 Å². The molecule has 1 heterocycles. The monoisotopic (exact) mass is 598 g/mol. The molecule has 42 heavy (non-hydrogen) atoms. The molecule has 0 atom stereocenters. The number of carbonyl (C=O) groups excluding carboxylic acids is 4. The molecule has 12 nitrogen and oxygen atoms in total. The lowest BCUT2D eigenvalue weighted by Crippen LogP contribution is -2.23. The molecule has 3 fully saturated rings. The van der Waals surface area contributed by atoms with Gasteiger partial charge in [0.05, 0.1) is 51.7 Å². The lowest BCUT2D eigenvalue weighted by molar-refractivity contribution is -0.142. The summed E-state index contributed by atoms with van der Waals surface area (Å²) in [5, 5.41) is 24.3. The number of ether oxygens (including phenoxy) is 3. The van der Waals surface area contributed by atoms with Gasteiger partial charge in [0.2, 0.25) is 12.2 Å². The van der Waals surface area contributed by atoms with E-state index >= 15 is 0 Å². The Morgan fingerprint density at radius 3 is 1.76 bits per heavy atom. The molecule has 0 aromatic rings. The molecule has 0 amide bonds. The number of aliphatic imine (C=N–C) groups is 2. The zero-order valence-corrected chi connectivity index (χ0v) is 24.8. The van der Waals surface area contributed by atoms with Crippen LogP contribution in [0.4, 0.5) is 0 Å². The predicted molar refractivity (Wildman–Crippen MR) is 155 cm³/mol. The van der Waals surface area contributed by atoms with Gasteiger partial charge in [-0.15, -0.1) is 0 Å². The fraction of sp³-hybridized carbons (Fsp3) is 0.800. The van der Waals surface area contributed by atoms with Crippen LogP contribution < -0.4 is 0 Å². The van der Waals surface area contributed by atoms with Crippen molar-refractivity contribution in [3.63, 3.8) is 0 Å². The molecule has 0 unspecified atom stereocenters. The van der Waals surface area contributed by atoms with Crippen molar-refractivity contribution in [1.82, 2.24) is 0 Å². The molecule has 1 aliphatic heterocycles. The van der Waals surface area contributed by atoms with Crippen LogP contribution in [0.2, 0.25) is 0 Å². The second-order valence-electron chi connectivity index (χ2n) is 10.2. The Kier molecular flexibility index (Phi) is 26.6. The largest absolute Gasteiger partial charge is 0.466 e. The van der Waals surface area contributed by atoms with Crippen molar-refractivity contribution in [1.29, 1.82) is 0 Å². The van der Waals surface area contributed by atoms with Gasteiger partial charge in [-0.3, -0.25) is 4.79 Å². The van der Waals surface area contributed by atoms with Gasteiger partial charge in [-0.1, -0.05) is 6.58 Å². The van der Waals surface area contributed by atoms with Crippen molar-refractivity contribution in [2.45, 2.75) is 95.6 Å². The third-order valence-corrected chi connectivity index (χ3v) is 7.03. The van der Waals surface area contributed by atoms with Gasteiger partial charge in [-0.05, 0) is 88.9 Å². The summed E-state index contributed by atoms with van der Waals surface area (Å²) in [5.41, 5.74) is 0. The lowest BCUT2D eigenvalue weighted by atomic mass is 9.76. The molecule has 2 saturated carbocycles. The standard InChI is InChI=1S/C15H22N2O2.C6H10O2.C5H8O3.C4H10O3/c18-10-16-14-5-1-12(2-6-14)9-13-3-7-15(8-4-13)17-11-19;7-6-4-2-1-3-5-8-6;1-2-5(7)8-4-3-6;5-1-3-7-4-2-6/h12-15H,1-9H2;1-5H2;2,6H,1,3-4H2;5-6H,1-4H2. The lowest BCUT2D eigenvalue weighted by Gasteiger charge is -2.31. The van der Waals surface area contributed by atoms with E-state index < -0.39 is 5.97 Å². The minimum atomic E-state index is -0.501. The van der Waals surface area contributed by atoms with E-state index in [1.807, 2.05) is 0 Å². The minimum Gasteiger partial charge on any atom is -0.466 e. The Morgan fingerprint density at radius 1 is 0.833 bits per heavy atom. The fourth-order valence-electron chi connectivity index (χ4n) is 4.88. The summed E-state index contributed by atoms with van der Waals surface area (Å²) in [5.74, 6) is 1.07. The van der Waals surface area contributed by atoms with Gasteiger partial charge in [-0.2, -0.15) is 0 Å². The van der Waals surface area contributed by atoms with E-state index in [0.29, 0.717) is 26.2 Å². The smallest absolute Gasteiger partial charge is 0.330 e. The van der Waals surface area contributed by atoms with Crippen molar-refractivity contribution in [3.8, 4) is 0 Å². The summed E-state index contributed by atoms with van der Waals surface area (Å²) in [6.45, 7) is 4.40. The van der Waals surface area contributed by atoms with E-state index in [-0.39, 0.29) is 44.5 Å². The average molecular weight is 599 g/mol. The maximum absolute atomic E-state index is 10.5. The molecule has 0 aromatic carbocycles. The zero-order chi connectivity index (χ0) is 31.3. The number of carbonyl (C=O) groups is 2. The number of hydrogen-bond donors (Lipinski definition) is 3. The molecule has 2 aliphatic carbocycles. The first-order valence-corrected chi connectivity index (χ1v) is 14.9. The quantitative estimate of drug-likeness (QED) is 0.105. The van der Waals surface area contributed by atoms with E-state index in [4.69, 9.17) is 20.1 Å². The summed E-state index contributed by atoms with van der Waals surface area (Å²) >= 11 is 0. The summed E-state index contributed by atoms with van der Waals surface area (Å²) in [6, 6.07) is 0.456. The van der Waals surface area contributed by atoms with Gasteiger partial charge in [0, 0.05) is 12.5 Å². The number of aliphatic hydroxyl groups is 3. The average Bonchev–Trinajstić information content (AvgIpc) is 3.27. The maximum atomic E-state index is 10.5. The number of isocyanates is 2. The number of cyclic esters (lactones) is 1. The zero-order valence-electron chi connectivity index (χ0n) is 24.8. The first kappa shape index (κ1) is 39.3. The number of hydrogen-bond acceptors (Lipinski definition) is 12. The van der Waals surface area contributed by atoms with Crippen LogP contribution >= 0.6 is 0 Å². The minimum absolute atomic E-state index is 0.0255. The van der Waals surface area contributed by atoms with Crippen LogP contribution in [0.3, 0.4) is 0 Å². The highest BCUT2D eigenvalue weighted by molar-refractivity contribution is 5.81. The van der Waals surface area contributed by atoms with Gasteiger partial charge in [0.15, 0.2) is 0 Å². The molecule has 0 spiro atoms. The van der Waals surface area contributed by atoms with Gasteiger partial charge >= 0.3 is 11.9 Å². The Bertz CT molecular complexity index is 746. The Balaban J connectivity index is 0.000000608. The second kappa shape index (κ2) is 28.4. The Morgan fingerprint density at radius 2 is 1.33 bits per heavy atom. The van der Waals surface area contributed by atoms with Crippen molar-refractivity contribution in [2.75, 3.05) is 46.2 Å². The highest BCUT2D eigenvalue weighted by Gasteiger charge is 2.26. The number of esters is 2. The summed E-state index contributed by atoms with van der Waals surface area (Å²) in [4.78, 5) is 48.7. The van der Waals surface area contributed by atoms with Crippen LogP contribution in [0.25, 0.3) is 0 Å². The molecule has 3 rings (SSSR count). The molecule has 0 radical (unpaired) electrons. The van der Waals surface area contributed by atoms with Crippen molar-refractivity contribution in [3.05, 3.63) is 12.7 Å². The molecular formula is C30H50N2O10. The van der Waals surface area contributed by atoms with E-state index in [1.165, 1.54) is 32.1 Å². The van der Waals surface area contributed by atoms with Crippen molar-refractivity contribution < 1.29 is 48.7 Å². The van der Waals surface area contributed by atoms with Crippen LogP contribution in [0.1, 0.15) is 83.5 Å². The van der Waals surface area contributed by atoms with Gasteiger partial charge in [0.25, 0.3) is 0 Å². The Labute approximate surface area is 249 Å². The summed E-state index contributed by atoms with van der Waals surface area (Å²) in [7, 11) is 0. The topological polar surface area (TPSA) is 181 Å². The van der Waals surface area contributed by atoms with Crippen LogP contribution in [0, 0.1) is 11.8 Å². The molecule has 3 aliphatic rings. The van der Waals surface area contributed by atoms with Gasteiger partial charge in [0.1, 0.15) is 6.61 Å². The summed E-state index contributed by atoms with van der Waals surface area (Å²) in [6.07, 6.45) is 18.5.